The molecule has 0 radical (unpaired) electrons. The average Bonchev–Trinajstić information content (AvgIpc) is 2.66. The number of amides is 1. The average molecular weight is 402 g/mol. The van der Waals surface area contributed by atoms with Crippen LogP contribution in [0.3, 0.4) is 0 Å². The first-order valence-corrected chi connectivity index (χ1v) is 11.0. The van der Waals surface area contributed by atoms with Crippen molar-refractivity contribution in [1.82, 2.24) is 5.32 Å². The van der Waals surface area contributed by atoms with Gasteiger partial charge >= 0.3 is 5.97 Å². The lowest BCUT2D eigenvalue weighted by Crippen LogP contribution is -2.30. The molecule has 0 aromatic heterocycles. The Morgan fingerprint density at radius 3 is 2.43 bits per heavy atom. The van der Waals surface area contributed by atoms with Crippen molar-refractivity contribution in [2.24, 2.45) is 0 Å². The highest BCUT2D eigenvalue weighted by Crippen LogP contribution is 2.14. The van der Waals surface area contributed by atoms with Crippen LogP contribution in [0.15, 0.2) is 48.5 Å². The first-order valence-electron chi connectivity index (χ1n) is 9.26. The monoisotopic (exact) mass is 401 g/mol. The van der Waals surface area contributed by atoms with Crippen molar-refractivity contribution in [2.45, 2.75) is 31.9 Å². The number of carbonyl (C=O) groups excluding carboxylic acids is 2. The minimum atomic E-state index is -0.989. The molecular formula is C22H27NO4S. The fourth-order valence-electron chi connectivity index (χ4n) is 2.70. The molecule has 1 N–H and O–H groups in total. The van der Waals surface area contributed by atoms with Crippen LogP contribution in [0.25, 0.3) is 0 Å². The normalized spacial score (nSPS) is 11.9. The summed E-state index contributed by atoms with van der Waals surface area (Å²) in [6.07, 6.45) is 2.32. The molecule has 2 aromatic rings. The van der Waals surface area contributed by atoms with Gasteiger partial charge in [-0.2, -0.15) is 0 Å². The molecule has 2 rings (SSSR count). The van der Waals surface area contributed by atoms with Gasteiger partial charge in [0.15, 0.2) is 6.61 Å². The summed E-state index contributed by atoms with van der Waals surface area (Å²) in [6.45, 7) is 4.46. The van der Waals surface area contributed by atoms with Crippen molar-refractivity contribution < 1.29 is 18.5 Å². The van der Waals surface area contributed by atoms with Crippen LogP contribution in [0, 0.1) is 0 Å². The van der Waals surface area contributed by atoms with E-state index in [1.807, 2.05) is 0 Å². The van der Waals surface area contributed by atoms with Gasteiger partial charge in [0.25, 0.3) is 5.91 Å². The highest BCUT2D eigenvalue weighted by molar-refractivity contribution is 7.83. The van der Waals surface area contributed by atoms with Gasteiger partial charge in [0.2, 0.25) is 0 Å². The summed E-state index contributed by atoms with van der Waals surface area (Å²) in [5.74, 6) is -0.0332. The van der Waals surface area contributed by atoms with Crippen LogP contribution >= 0.6 is 0 Å². The van der Waals surface area contributed by atoms with Gasteiger partial charge < -0.3 is 10.1 Å². The molecular weight excluding hydrogens is 374 g/mol. The number of ether oxygens (including phenoxy) is 1. The minimum Gasteiger partial charge on any atom is -0.452 e. The molecule has 1 amide bonds. The largest absolute Gasteiger partial charge is 0.452 e. The van der Waals surface area contributed by atoms with E-state index < -0.39 is 16.8 Å². The molecule has 0 aliphatic carbocycles. The summed E-state index contributed by atoms with van der Waals surface area (Å²) in [5.41, 5.74) is 3.57. The smallest absolute Gasteiger partial charge is 0.338 e. The number of esters is 1. The molecule has 0 bridgehead atoms. The fraction of sp³-hybridized carbons (Fsp3) is 0.364. The van der Waals surface area contributed by atoms with Gasteiger partial charge in [0.05, 0.1) is 5.56 Å². The predicted molar refractivity (Wildman–Crippen MR) is 112 cm³/mol. The van der Waals surface area contributed by atoms with E-state index in [1.165, 1.54) is 5.56 Å². The summed E-state index contributed by atoms with van der Waals surface area (Å²) >= 11 is 0. The van der Waals surface area contributed by atoms with E-state index in [0.717, 1.165) is 11.1 Å². The molecule has 0 heterocycles. The van der Waals surface area contributed by atoms with E-state index in [9.17, 15) is 13.8 Å². The second-order valence-corrected chi connectivity index (χ2v) is 8.43. The lowest BCUT2D eigenvalue weighted by Gasteiger charge is -2.09. The lowest BCUT2D eigenvalue weighted by atomic mass is 10.0. The molecule has 0 saturated carbocycles. The van der Waals surface area contributed by atoms with Crippen LogP contribution in [-0.4, -0.2) is 35.5 Å². The zero-order valence-corrected chi connectivity index (χ0v) is 17.4. The van der Waals surface area contributed by atoms with Crippen molar-refractivity contribution in [1.29, 1.82) is 0 Å². The molecule has 0 aliphatic rings. The lowest BCUT2D eigenvalue weighted by molar-refractivity contribution is -0.124. The summed E-state index contributed by atoms with van der Waals surface area (Å²) in [4.78, 5) is 24.0. The molecule has 150 valence electrons. The maximum absolute atomic E-state index is 12.1. The SMILES string of the molecule is CC(C)c1ccc(CCNC(=O)COC(=O)c2cccc(CS(C)=O)c2)cc1. The molecule has 0 aliphatic heterocycles. The number of carbonyl (C=O) groups is 2. The Morgan fingerprint density at radius 1 is 1.07 bits per heavy atom. The van der Waals surface area contributed by atoms with Gasteiger partial charge in [0, 0.05) is 29.4 Å². The van der Waals surface area contributed by atoms with E-state index in [0.29, 0.717) is 30.2 Å². The number of hydrogen-bond acceptors (Lipinski definition) is 4. The summed E-state index contributed by atoms with van der Waals surface area (Å²) in [6, 6.07) is 15.1. The van der Waals surface area contributed by atoms with Gasteiger partial charge in [0.1, 0.15) is 0 Å². The Hall–Kier alpha value is -2.47. The zero-order chi connectivity index (χ0) is 20.5. The van der Waals surface area contributed by atoms with Crippen LogP contribution in [-0.2, 0) is 32.5 Å². The standard InChI is InChI=1S/C22H27NO4S/c1-16(2)19-9-7-17(8-10-19)11-12-23-21(24)14-27-22(25)20-6-4-5-18(13-20)15-28(3)26/h4-10,13,16H,11-12,14-15H2,1-3H3,(H,23,24). The summed E-state index contributed by atoms with van der Waals surface area (Å²) in [5, 5.41) is 2.76. The van der Waals surface area contributed by atoms with E-state index in [2.05, 4.69) is 43.4 Å². The third-order valence-corrected chi connectivity index (χ3v) is 4.99. The van der Waals surface area contributed by atoms with Gasteiger partial charge in [-0.05, 0) is 41.2 Å². The van der Waals surface area contributed by atoms with E-state index in [-0.39, 0.29) is 12.5 Å². The second-order valence-electron chi connectivity index (χ2n) is 6.99. The highest BCUT2D eigenvalue weighted by Gasteiger charge is 2.11. The molecule has 1 unspecified atom stereocenters. The van der Waals surface area contributed by atoms with E-state index in [1.54, 1.807) is 30.5 Å². The molecule has 1 atom stereocenters. The quantitative estimate of drug-likeness (QED) is 0.655. The van der Waals surface area contributed by atoms with Crippen molar-refractivity contribution in [3.8, 4) is 0 Å². The topological polar surface area (TPSA) is 72.5 Å². The molecule has 2 aromatic carbocycles. The van der Waals surface area contributed by atoms with E-state index >= 15 is 0 Å². The zero-order valence-electron chi connectivity index (χ0n) is 16.6. The Labute approximate surface area is 168 Å². The summed E-state index contributed by atoms with van der Waals surface area (Å²) < 4.78 is 16.4. The van der Waals surface area contributed by atoms with Crippen molar-refractivity contribution in [2.75, 3.05) is 19.4 Å². The Morgan fingerprint density at radius 2 is 1.79 bits per heavy atom. The van der Waals surface area contributed by atoms with Crippen LogP contribution in [0.5, 0.6) is 0 Å². The fourth-order valence-corrected chi connectivity index (χ4v) is 3.35. The molecule has 5 nitrogen and oxygen atoms in total. The first kappa shape index (κ1) is 21.8. The molecule has 28 heavy (non-hydrogen) atoms. The molecule has 0 fully saturated rings. The van der Waals surface area contributed by atoms with Gasteiger partial charge in [-0.1, -0.05) is 50.2 Å². The van der Waals surface area contributed by atoms with Gasteiger partial charge in [-0.25, -0.2) is 4.79 Å². The predicted octanol–water partition coefficient (Wildman–Crippen LogP) is 3.20. The van der Waals surface area contributed by atoms with Crippen LogP contribution in [0.2, 0.25) is 0 Å². The Balaban J connectivity index is 1.74. The van der Waals surface area contributed by atoms with Crippen LogP contribution < -0.4 is 5.32 Å². The minimum absolute atomic E-state index is 0.324. The summed E-state index contributed by atoms with van der Waals surface area (Å²) in [7, 11) is -0.989. The van der Waals surface area contributed by atoms with Gasteiger partial charge in [-0.3, -0.25) is 9.00 Å². The van der Waals surface area contributed by atoms with Crippen LogP contribution in [0.1, 0.15) is 46.8 Å². The third kappa shape index (κ3) is 7.27. The second kappa shape index (κ2) is 10.8. The van der Waals surface area contributed by atoms with Gasteiger partial charge in [-0.15, -0.1) is 0 Å². The third-order valence-electron chi connectivity index (χ3n) is 4.25. The number of nitrogens with one attached hydrogen (secondary N) is 1. The molecule has 6 heteroatoms. The van der Waals surface area contributed by atoms with Crippen molar-refractivity contribution in [3.63, 3.8) is 0 Å². The van der Waals surface area contributed by atoms with Crippen molar-refractivity contribution >= 4 is 22.7 Å². The Kier molecular flexibility index (Phi) is 8.39. The Bertz CT molecular complexity index is 831. The van der Waals surface area contributed by atoms with E-state index in [4.69, 9.17) is 4.74 Å². The number of hydrogen-bond donors (Lipinski definition) is 1. The first-order chi connectivity index (χ1) is 13.3. The number of rotatable bonds is 9. The van der Waals surface area contributed by atoms with Crippen LogP contribution in [0.4, 0.5) is 0 Å². The molecule has 0 spiro atoms. The number of benzene rings is 2. The van der Waals surface area contributed by atoms with Crippen molar-refractivity contribution in [3.05, 3.63) is 70.8 Å². The highest BCUT2D eigenvalue weighted by atomic mass is 32.2. The maximum atomic E-state index is 12.1. The maximum Gasteiger partial charge on any atom is 0.338 e. The molecule has 0 saturated heterocycles.